The van der Waals surface area contributed by atoms with Crippen molar-refractivity contribution in [2.24, 2.45) is 0 Å². The molecule has 124 valence electrons. The maximum Gasteiger partial charge on any atom is 0.320 e. The van der Waals surface area contributed by atoms with Gasteiger partial charge < -0.3 is 10.1 Å². The number of ether oxygens (including phenoxy) is 1. The molecule has 0 unspecified atom stereocenters. The Morgan fingerprint density at radius 3 is 2.57 bits per heavy atom. The summed E-state index contributed by atoms with van der Waals surface area (Å²) in [6.07, 6.45) is 7.20. The summed E-state index contributed by atoms with van der Waals surface area (Å²) in [4.78, 5) is 22.5. The van der Waals surface area contributed by atoms with Crippen molar-refractivity contribution in [3.63, 3.8) is 0 Å². The van der Waals surface area contributed by atoms with Crippen LogP contribution < -0.4 is 10.8 Å². The third kappa shape index (κ3) is 6.22. The van der Waals surface area contributed by atoms with E-state index in [1.54, 1.807) is 6.08 Å². The minimum absolute atomic E-state index is 0.103. The summed E-state index contributed by atoms with van der Waals surface area (Å²) < 4.78 is 5.36. The predicted molar refractivity (Wildman–Crippen MR) is 85.5 cm³/mol. The molecule has 1 saturated carbocycles. The molecule has 0 heterocycles. The van der Waals surface area contributed by atoms with Gasteiger partial charge >= 0.3 is 5.97 Å². The van der Waals surface area contributed by atoms with Crippen molar-refractivity contribution >= 4 is 18.0 Å². The van der Waals surface area contributed by atoms with Crippen molar-refractivity contribution in [3.8, 4) is 0 Å². The summed E-state index contributed by atoms with van der Waals surface area (Å²) in [5, 5.41) is 11.5. The summed E-state index contributed by atoms with van der Waals surface area (Å²) in [6, 6.07) is 7.53. The lowest BCUT2D eigenvalue weighted by atomic mass is 10.1. The van der Waals surface area contributed by atoms with Gasteiger partial charge in [-0.05, 0) is 42.9 Å². The quantitative estimate of drug-likeness (QED) is 0.309. The molecule has 1 aromatic rings. The first-order chi connectivity index (χ1) is 11.2. The van der Waals surface area contributed by atoms with Crippen LogP contribution in [0.25, 0.3) is 6.08 Å². The molecule has 0 saturated heterocycles. The molecule has 6 heteroatoms. The monoisotopic (exact) mass is 318 g/mol. The Morgan fingerprint density at radius 1 is 1.22 bits per heavy atom. The molecule has 0 spiro atoms. The SMILES string of the molecule is O=C(/C=C/c1ccc(CNCC(=O)OC2CCCC2)cc1)NO. The highest BCUT2D eigenvalue weighted by atomic mass is 16.5. The molecule has 3 N–H and O–H groups in total. The molecule has 0 atom stereocenters. The predicted octanol–water partition coefficient (Wildman–Crippen LogP) is 1.78. The van der Waals surface area contributed by atoms with Gasteiger partial charge in [0, 0.05) is 12.6 Å². The fourth-order valence-corrected chi connectivity index (χ4v) is 2.50. The van der Waals surface area contributed by atoms with Crippen molar-refractivity contribution in [2.45, 2.75) is 38.3 Å². The number of rotatable bonds is 7. The van der Waals surface area contributed by atoms with Crippen molar-refractivity contribution in [2.75, 3.05) is 6.54 Å². The Hall–Kier alpha value is -2.18. The van der Waals surface area contributed by atoms with Crippen molar-refractivity contribution in [1.29, 1.82) is 0 Å². The molecule has 1 aliphatic rings. The zero-order valence-electron chi connectivity index (χ0n) is 13.0. The first-order valence-electron chi connectivity index (χ1n) is 7.78. The lowest BCUT2D eigenvalue weighted by Gasteiger charge is -2.11. The number of nitrogens with one attached hydrogen (secondary N) is 2. The van der Waals surface area contributed by atoms with Crippen LogP contribution in [0.15, 0.2) is 30.3 Å². The van der Waals surface area contributed by atoms with E-state index in [1.807, 2.05) is 24.3 Å². The molecular formula is C17H22N2O4. The molecule has 6 nitrogen and oxygen atoms in total. The molecule has 2 rings (SSSR count). The van der Waals surface area contributed by atoms with Crippen LogP contribution >= 0.6 is 0 Å². The highest BCUT2D eigenvalue weighted by Gasteiger charge is 2.18. The molecular weight excluding hydrogens is 296 g/mol. The largest absolute Gasteiger partial charge is 0.461 e. The van der Waals surface area contributed by atoms with E-state index in [0.717, 1.165) is 36.8 Å². The van der Waals surface area contributed by atoms with Gasteiger partial charge in [-0.3, -0.25) is 14.8 Å². The van der Waals surface area contributed by atoms with E-state index in [2.05, 4.69) is 5.32 Å². The molecule has 1 fully saturated rings. The van der Waals surface area contributed by atoms with Gasteiger partial charge in [-0.1, -0.05) is 24.3 Å². The van der Waals surface area contributed by atoms with Crippen LogP contribution in [0.5, 0.6) is 0 Å². The lowest BCUT2D eigenvalue weighted by Crippen LogP contribution is -2.27. The van der Waals surface area contributed by atoms with Gasteiger partial charge in [0.25, 0.3) is 5.91 Å². The van der Waals surface area contributed by atoms with E-state index in [9.17, 15) is 9.59 Å². The minimum atomic E-state index is -0.573. The fourth-order valence-electron chi connectivity index (χ4n) is 2.50. The topological polar surface area (TPSA) is 87.7 Å². The number of carbonyl (C=O) groups is 2. The van der Waals surface area contributed by atoms with Crippen molar-refractivity contribution < 1.29 is 19.5 Å². The fraction of sp³-hybridized carbons (Fsp3) is 0.412. The summed E-state index contributed by atoms with van der Waals surface area (Å²) >= 11 is 0. The van der Waals surface area contributed by atoms with E-state index >= 15 is 0 Å². The number of hydrogen-bond donors (Lipinski definition) is 3. The van der Waals surface area contributed by atoms with Gasteiger partial charge in [-0.2, -0.15) is 0 Å². The summed E-state index contributed by atoms with van der Waals surface area (Å²) in [6.45, 7) is 0.774. The smallest absolute Gasteiger partial charge is 0.320 e. The van der Waals surface area contributed by atoms with Gasteiger partial charge in [-0.25, -0.2) is 5.48 Å². The van der Waals surface area contributed by atoms with E-state index in [1.165, 1.54) is 11.6 Å². The molecule has 0 aliphatic heterocycles. The average molecular weight is 318 g/mol. The van der Waals surface area contributed by atoms with E-state index in [4.69, 9.17) is 9.94 Å². The van der Waals surface area contributed by atoms with Crippen LogP contribution in [0.3, 0.4) is 0 Å². The molecule has 0 aromatic heterocycles. The van der Waals surface area contributed by atoms with Crippen molar-refractivity contribution in [3.05, 3.63) is 41.5 Å². The molecule has 0 bridgehead atoms. The second-order valence-corrected chi connectivity index (χ2v) is 5.55. The number of benzene rings is 1. The normalized spacial score (nSPS) is 15.0. The van der Waals surface area contributed by atoms with Gasteiger partial charge in [0.15, 0.2) is 0 Å². The van der Waals surface area contributed by atoms with Crippen LogP contribution in [0.2, 0.25) is 0 Å². The number of amides is 1. The second kappa shape index (κ2) is 9.07. The number of esters is 1. The standard InChI is InChI=1S/C17H22N2O4/c20-16(19-22)10-9-13-5-7-14(8-6-13)11-18-12-17(21)23-15-3-1-2-4-15/h5-10,15,18,22H,1-4,11-12H2,(H,19,20)/b10-9+. The Labute approximate surface area is 135 Å². The van der Waals surface area contributed by atoms with E-state index < -0.39 is 5.91 Å². The molecule has 0 radical (unpaired) electrons. The molecule has 23 heavy (non-hydrogen) atoms. The first kappa shape index (κ1) is 17.2. The van der Waals surface area contributed by atoms with Crippen LogP contribution in [0.4, 0.5) is 0 Å². The zero-order valence-corrected chi connectivity index (χ0v) is 13.0. The average Bonchev–Trinajstić information content (AvgIpc) is 3.06. The zero-order chi connectivity index (χ0) is 16.5. The van der Waals surface area contributed by atoms with Crippen LogP contribution in [-0.4, -0.2) is 29.7 Å². The first-order valence-corrected chi connectivity index (χ1v) is 7.78. The summed E-state index contributed by atoms with van der Waals surface area (Å²) in [5.41, 5.74) is 3.41. The minimum Gasteiger partial charge on any atom is -0.461 e. The highest BCUT2D eigenvalue weighted by molar-refractivity contribution is 5.90. The molecule has 1 aliphatic carbocycles. The third-order valence-electron chi connectivity index (χ3n) is 3.72. The van der Waals surface area contributed by atoms with Gasteiger partial charge in [-0.15, -0.1) is 0 Å². The van der Waals surface area contributed by atoms with Crippen LogP contribution in [0.1, 0.15) is 36.8 Å². The number of hydrogen-bond acceptors (Lipinski definition) is 5. The van der Waals surface area contributed by atoms with Gasteiger partial charge in [0.1, 0.15) is 6.10 Å². The maximum absolute atomic E-state index is 11.7. The number of hydroxylamine groups is 1. The van der Waals surface area contributed by atoms with E-state index in [0.29, 0.717) is 6.54 Å². The summed E-state index contributed by atoms with van der Waals surface area (Å²) in [5.74, 6) is -0.775. The van der Waals surface area contributed by atoms with Crippen LogP contribution in [0, 0.1) is 0 Å². The Balaban J connectivity index is 1.70. The molecule has 1 amide bonds. The number of carbonyl (C=O) groups excluding carboxylic acids is 2. The van der Waals surface area contributed by atoms with Crippen LogP contribution in [-0.2, 0) is 20.9 Å². The Morgan fingerprint density at radius 2 is 1.91 bits per heavy atom. The van der Waals surface area contributed by atoms with Gasteiger partial charge in [0.05, 0.1) is 6.54 Å². The maximum atomic E-state index is 11.7. The lowest BCUT2D eigenvalue weighted by molar-refractivity contribution is -0.147. The molecule has 1 aromatic carbocycles. The van der Waals surface area contributed by atoms with Gasteiger partial charge in [0.2, 0.25) is 0 Å². The Bertz CT molecular complexity index is 548. The van der Waals surface area contributed by atoms with Crippen molar-refractivity contribution in [1.82, 2.24) is 10.8 Å². The van der Waals surface area contributed by atoms with E-state index in [-0.39, 0.29) is 18.6 Å². The second-order valence-electron chi connectivity index (χ2n) is 5.55. The summed E-state index contributed by atoms with van der Waals surface area (Å²) in [7, 11) is 0. The third-order valence-corrected chi connectivity index (χ3v) is 3.72. The Kier molecular flexibility index (Phi) is 6.77. The highest BCUT2D eigenvalue weighted by Crippen LogP contribution is 2.20.